The maximum Gasteiger partial charge on any atom is 0.295 e. The fourth-order valence-corrected chi connectivity index (χ4v) is 1.25. The summed E-state index contributed by atoms with van der Waals surface area (Å²) < 4.78 is 5.45. The smallest absolute Gasteiger partial charge is 0.295 e. The maximum atomic E-state index is 5.63. The number of oxazole rings is 1. The van der Waals surface area contributed by atoms with Crippen LogP contribution >= 0.6 is 0 Å². The van der Waals surface area contributed by atoms with Crippen LogP contribution in [-0.4, -0.2) is 11.5 Å². The van der Waals surface area contributed by atoms with Crippen LogP contribution in [0.4, 0.5) is 11.7 Å². The van der Waals surface area contributed by atoms with Gasteiger partial charge in [-0.05, 0) is 24.6 Å². The van der Waals surface area contributed by atoms with Gasteiger partial charge in [0, 0.05) is 12.2 Å². The number of rotatable bonds is 3. The molecule has 3 N–H and O–H groups in total. The summed E-state index contributed by atoms with van der Waals surface area (Å²) in [6, 6.07) is 5.99. The van der Waals surface area contributed by atoms with Crippen LogP contribution in [0.2, 0.25) is 0 Å². The Labute approximate surface area is 82.1 Å². The number of nitrogen functional groups attached to an aromatic ring is 1. The first-order valence-corrected chi connectivity index (χ1v) is 4.69. The van der Waals surface area contributed by atoms with Crippen molar-refractivity contribution in [2.24, 2.45) is 0 Å². The van der Waals surface area contributed by atoms with Crippen molar-refractivity contribution in [1.82, 2.24) is 4.98 Å². The molecule has 0 aliphatic carbocycles. The predicted octanol–water partition coefficient (Wildman–Crippen LogP) is 2.23. The SMILES string of the molecule is CCCNc1nc2cc(N)ccc2o1. The van der Waals surface area contributed by atoms with Gasteiger partial charge in [-0.3, -0.25) is 0 Å². The Morgan fingerprint density at radius 1 is 1.50 bits per heavy atom. The minimum atomic E-state index is 0.562. The average Bonchev–Trinajstić information content (AvgIpc) is 2.56. The van der Waals surface area contributed by atoms with Crippen molar-refractivity contribution in [3.63, 3.8) is 0 Å². The van der Waals surface area contributed by atoms with Gasteiger partial charge in [0.2, 0.25) is 0 Å². The average molecular weight is 191 g/mol. The minimum absolute atomic E-state index is 0.562. The van der Waals surface area contributed by atoms with Crippen LogP contribution < -0.4 is 11.1 Å². The molecule has 0 unspecified atom stereocenters. The molecule has 0 spiro atoms. The van der Waals surface area contributed by atoms with Gasteiger partial charge in [-0.25, -0.2) is 0 Å². The fourth-order valence-electron chi connectivity index (χ4n) is 1.25. The van der Waals surface area contributed by atoms with E-state index in [0.717, 1.165) is 24.1 Å². The summed E-state index contributed by atoms with van der Waals surface area (Å²) >= 11 is 0. The topological polar surface area (TPSA) is 64.1 Å². The standard InChI is InChI=1S/C10H13N3O/c1-2-5-12-10-13-8-6-7(11)3-4-9(8)14-10/h3-4,6H,2,5,11H2,1H3,(H,12,13). The molecule has 0 fully saturated rings. The number of nitrogens with one attached hydrogen (secondary N) is 1. The minimum Gasteiger partial charge on any atom is -0.424 e. The van der Waals surface area contributed by atoms with Gasteiger partial charge < -0.3 is 15.5 Å². The molecule has 0 saturated heterocycles. The molecule has 2 aromatic rings. The predicted molar refractivity (Wildman–Crippen MR) is 57.2 cm³/mol. The van der Waals surface area contributed by atoms with Crippen LogP contribution in [0.25, 0.3) is 11.1 Å². The summed E-state index contributed by atoms with van der Waals surface area (Å²) in [5, 5.41) is 3.08. The molecule has 4 heteroatoms. The lowest BCUT2D eigenvalue weighted by molar-refractivity contribution is 0.614. The first-order chi connectivity index (χ1) is 6.79. The van der Waals surface area contributed by atoms with E-state index in [0.29, 0.717) is 11.7 Å². The normalized spacial score (nSPS) is 10.6. The summed E-state index contributed by atoms with van der Waals surface area (Å²) in [5.41, 5.74) is 7.89. The number of nitrogens with zero attached hydrogens (tertiary/aromatic N) is 1. The van der Waals surface area contributed by atoms with E-state index in [2.05, 4.69) is 17.2 Å². The van der Waals surface area contributed by atoms with Crippen molar-refractivity contribution in [2.45, 2.75) is 13.3 Å². The Bertz CT molecular complexity index is 436. The van der Waals surface area contributed by atoms with Crippen LogP contribution in [0.15, 0.2) is 22.6 Å². The van der Waals surface area contributed by atoms with Crippen molar-refractivity contribution in [3.05, 3.63) is 18.2 Å². The third-order valence-corrected chi connectivity index (χ3v) is 1.94. The first kappa shape index (κ1) is 8.87. The van der Waals surface area contributed by atoms with Crippen molar-refractivity contribution >= 4 is 22.8 Å². The summed E-state index contributed by atoms with van der Waals surface area (Å²) in [4.78, 5) is 4.25. The summed E-state index contributed by atoms with van der Waals surface area (Å²) in [5.74, 6) is 0. The monoisotopic (exact) mass is 191 g/mol. The zero-order chi connectivity index (χ0) is 9.97. The molecule has 14 heavy (non-hydrogen) atoms. The lowest BCUT2D eigenvalue weighted by atomic mass is 10.3. The maximum absolute atomic E-state index is 5.63. The molecule has 0 saturated carbocycles. The molecule has 0 radical (unpaired) electrons. The number of hydrogen-bond acceptors (Lipinski definition) is 4. The Morgan fingerprint density at radius 3 is 3.14 bits per heavy atom. The lowest BCUT2D eigenvalue weighted by Crippen LogP contribution is -1.98. The van der Waals surface area contributed by atoms with E-state index in [1.54, 1.807) is 12.1 Å². The quantitative estimate of drug-likeness (QED) is 0.730. The highest BCUT2D eigenvalue weighted by atomic mass is 16.4. The van der Waals surface area contributed by atoms with E-state index in [1.165, 1.54) is 0 Å². The molecule has 4 nitrogen and oxygen atoms in total. The van der Waals surface area contributed by atoms with Crippen molar-refractivity contribution < 1.29 is 4.42 Å². The fraction of sp³-hybridized carbons (Fsp3) is 0.300. The molecular formula is C10H13N3O. The first-order valence-electron chi connectivity index (χ1n) is 4.69. The van der Waals surface area contributed by atoms with E-state index in [4.69, 9.17) is 10.2 Å². The molecule has 1 aromatic carbocycles. The van der Waals surface area contributed by atoms with Gasteiger partial charge in [0.1, 0.15) is 5.52 Å². The molecule has 1 aromatic heterocycles. The zero-order valence-electron chi connectivity index (χ0n) is 8.08. The van der Waals surface area contributed by atoms with Crippen LogP contribution in [0, 0.1) is 0 Å². The van der Waals surface area contributed by atoms with Crippen LogP contribution in [0.1, 0.15) is 13.3 Å². The van der Waals surface area contributed by atoms with Crippen LogP contribution in [0.5, 0.6) is 0 Å². The molecular weight excluding hydrogens is 178 g/mol. The molecule has 0 atom stereocenters. The Morgan fingerprint density at radius 2 is 2.36 bits per heavy atom. The van der Waals surface area contributed by atoms with Gasteiger partial charge >= 0.3 is 0 Å². The number of aromatic nitrogens is 1. The number of anilines is 2. The van der Waals surface area contributed by atoms with Gasteiger partial charge in [-0.1, -0.05) is 6.92 Å². The van der Waals surface area contributed by atoms with E-state index in [-0.39, 0.29) is 0 Å². The molecule has 2 rings (SSSR count). The van der Waals surface area contributed by atoms with Crippen molar-refractivity contribution in [3.8, 4) is 0 Å². The van der Waals surface area contributed by atoms with Gasteiger partial charge in [-0.2, -0.15) is 4.98 Å². The van der Waals surface area contributed by atoms with Crippen molar-refractivity contribution in [2.75, 3.05) is 17.6 Å². The van der Waals surface area contributed by atoms with Crippen LogP contribution in [0.3, 0.4) is 0 Å². The number of nitrogens with two attached hydrogens (primary N) is 1. The van der Waals surface area contributed by atoms with Gasteiger partial charge in [-0.15, -0.1) is 0 Å². The second-order valence-corrected chi connectivity index (χ2v) is 3.17. The number of hydrogen-bond donors (Lipinski definition) is 2. The highest BCUT2D eigenvalue weighted by Gasteiger charge is 2.04. The summed E-state index contributed by atoms with van der Waals surface area (Å²) in [6.45, 7) is 2.95. The van der Waals surface area contributed by atoms with Crippen LogP contribution in [-0.2, 0) is 0 Å². The molecule has 0 amide bonds. The van der Waals surface area contributed by atoms with Gasteiger partial charge in [0.15, 0.2) is 5.58 Å². The van der Waals surface area contributed by atoms with Gasteiger partial charge in [0.05, 0.1) is 0 Å². The highest BCUT2D eigenvalue weighted by Crippen LogP contribution is 2.20. The second kappa shape index (κ2) is 3.57. The zero-order valence-corrected chi connectivity index (χ0v) is 8.08. The van der Waals surface area contributed by atoms with E-state index in [9.17, 15) is 0 Å². The lowest BCUT2D eigenvalue weighted by Gasteiger charge is -1.94. The molecule has 74 valence electrons. The summed E-state index contributed by atoms with van der Waals surface area (Å²) in [6.07, 6.45) is 1.04. The highest BCUT2D eigenvalue weighted by molar-refractivity contribution is 5.78. The summed E-state index contributed by atoms with van der Waals surface area (Å²) in [7, 11) is 0. The Balaban J connectivity index is 2.32. The second-order valence-electron chi connectivity index (χ2n) is 3.17. The third kappa shape index (κ3) is 1.64. The van der Waals surface area contributed by atoms with E-state index < -0.39 is 0 Å². The third-order valence-electron chi connectivity index (χ3n) is 1.94. The molecule has 1 heterocycles. The molecule has 0 bridgehead atoms. The Hall–Kier alpha value is -1.71. The van der Waals surface area contributed by atoms with E-state index in [1.807, 2.05) is 6.07 Å². The Kier molecular flexibility index (Phi) is 2.26. The van der Waals surface area contributed by atoms with E-state index >= 15 is 0 Å². The largest absolute Gasteiger partial charge is 0.424 e. The van der Waals surface area contributed by atoms with Gasteiger partial charge in [0.25, 0.3) is 6.01 Å². The van der Waals surface area contributed by atoms with Crippen molar-refractivity contribution in [1.29, 1.82) is 0 Å². The molecule has 0 aliphatic heterocycles. The molecule has 0 aliphatic rings. The number of benzene rings is 1. The number of fused-ring (bicyclic) bond motifs is 1.